The Kier molecular flexibility index (Phi) is 5.67. The average Bonchev–Trinajstić information content (AvgIpc) is 2.88. The van der Waals surface area contributed by atoms with Crippen LogP contribution in [0.4, 0.5) is 5.13 Å². The Labute approximate surface area is 119 Å². The molecular formula is C10H13ClN4OS2. The number of carbonyl (C=O) groups excluding carboxylic acids is 1. The van der Waals surface area contributed by atoms with Gasteiger partial charge in [0.1, 0.15) is 5.69 Å². The SMILES string of the molecule is Cc1cnc(NC(=O)c2csc(CCN)n2)s1.Cl. The number of aryl methyl sites for hydroxylation is 1. The van der Waals surface area contributed by atoms with Gasteiger partial charge in [-0.3, -0.25) is 10.1 Å². The Hall–Kier alpha value is -1.02. The first-order valence-electron chi connectivity index (χ1n) is 5.07. The number of amides is 1. The molecule has 3 N–H and O–H groups in total. The highest BCUT2D eigenvalue weighted by Gasteiger charge is 2.12. The van der Waals surface area contributed by atoms with E-state index in [4.69, 9.17) is 5.73 Å². The number of nitrogens with two attached hydrogens (primary N) is 1. The molecule has 0 aromatic carbocycles. The molecule has 98 valence electrons. The second-order valence-corrected chi connectivity index (χ2v) is 5.57. The predicted octanol–water partition coefficient (Wildman–Crippen LogP) is 2.08. The van der Waals surface area contributed by atoms with Crippen molar-refractivity contribution in [3.63, 3.8) is 0 Å². The van der Waals surface area contributed by atoms with Crippen LogP contribution in [0.25, 0.3) is 0 Å². The Morgan fingerprint density at radius 2 is 2.33 bits per heavy atom. The van der Waals surface area contributed by atoms with E-state index in [1.807, 2.05) is 6.92 Å². The minimum absolute atomic E-state index is 0. The Balaban J connectivity index is 0.00000162. The van der Waals surface area contributed by atoms with E-state index in [0.717, 1.165) is 9.88 Å². The van der Waals surface area contributed by atoms with Crippen LogP contribution in [0.3, 0.4) is 0 Å². The van der Waals surface area contributed by atoms with Crippen LogP contribution in [0.1, 0.15) is 20.4 Å². The van der Waals surface area contributed by atoms with Crippen LogP contribution in [-0.4, -0.2) is 22.4 Å². The minimum atomic E-state index is -0.223. The molecule has 0 aliphatic carbocycles. The van der Waals surface area contributed by atoms with Crippen LogP contribution in [0.15, 0.2) is 11.6 Å². The molecule has 2 heterocycles. The molecule has 8 heteroatoms. The molecule has 0 saturated carbocycles. The molecule has 0 fully saturated rings. The van der Waals surface area contributed by atoms with E-state index >= 15 is 0 Å². The number of rotatable bonds is 4. The molecule has 0 bridgehead atoms. The van der Waals surface area contributed by atoms with Gasteiger partial charge in [-0.05, 0) is 13.5 Å². The number of anilines is 1. The van der Waals surface area contributed by atoms with Crippen molar-refractivity contribution in [2.45, 2.75) is 13.3 Å². The fourth-order valence-corrected chi connectivity index (χ4v) is 2.68. The zero-order valence-corrected chi connectivity index (χ0v) is 12.1. The fourth-order valence-electron chi connectivity index (χ4n) is 1.23. The van der Waals surface area contributed by atoms with Crippen molar-refractivity contribution >= 4 is 46.1 Å². The average molecular weight is 305 g/mol. The van der Waals surface area contributed by atoms with Crippen LogP contribution in [0.5, 0.6) is 0 Å². The van der Waals surface area contributed by atoms with Crippen molar-refractivity contribution in [3.8, 4) is 0 Å². The summed E-state index contributed by atoms with van der Waals surface area (Å²) >= 11 is 2.89. The van der Waals surface area contributed by atoms with Crippen LogP contribution in [0.2, 0.25) is 0 Å². The van der Waals surface area contributed by atoms with Gasteiger partial charge in [0.05, 0.1) is 5.01 Å². The quantitative estimate of drug-likeness (QED) is 0.906. The lowest BCUT2D eigenvalue weighted by Gasteiger charge is -1.96. The molecule has 2 rings (SSSR count). The van der Waals surface area contributed by atoms with E-state index in [-0.39, 0.29) is 18.3 Å². The molecule has 1 amide bonds. The van der Waals surface area contributed by atoms with E-state index in [1.54, 1.807) is 11.6 Å². The standard InChI is InChI=1S/C10H12N4OS2.ClH/c1-6-4-12-10(17-6)14-9(15)7-5-16-8(13-7)2-3-11;/h4-5H,2-3,11H2,1H3,(H,12,14,15);1H. The molecule has 0 aliphatic heterocycles. The van der Waals surface area contributed by atoms with Gasteiger partial charge >= 0.3 is 0 Å². The van der Waals surface area contributed by atoms with E-state index in [1.165, 1.54) is 22.7 Å². The van der Waals surface area contributed by atoms with Gasteiger partial charge in [0.25, 0.3) is 5.91 Å². The third-order valence-electron chi connectivity index (χ3n) is 1.98. The summed E-state index contributed by atoms with van der Waals surface area (Å²) in [6.07, 6.45) is 2.43. The van der Waals surface area contributed by atoms with Gasteiger partial charge < -0.3 is 5.73 Å². The minimum Gasteiger partial charge on any atom is -0.330 e. The molecule has 0 atom stereocenters. The zero-order valence-electron chi connectivity index (χ0n) is 9.67. The molecule has 18 heavy (non-hydrogen) atoms. The molecule has 2 aromatic heterocycles. The summed E-state index contributed by atoms with van der Waals surface area (Å²) in [6, 6.07) is 0. The fraction of sp³-hybridized carbons (Fsp3) is 0.300. The maximum atomic E-state index is 11.8. The second-order valence-electron chi connectivity index (χ2n) is 3.40. The van der Waals surface area contributed by atoms with Gasteiger partial charge in [0.15, 0.2) is 5.13 Å². The topological polar surface area (TPSA) is 80.9 Å². The van der Waals surface area contributed by atoms with Crippen molar-refractivity contribution in [3.05, 3.63) is 27.2 Å². The summed E-state index contributed by atoms with van der Waals surface area (Å²) in [5.74, 6) is -0.223. The van der Waals surface area contributed by atoms with E-state index in [0.29, 0.717) is 23.8 Å². The van der Waals surface area contributed by atoms with Gasteiger partial charge in [-0.15, -0.1) is 35.1 Å². The normalized spacial score (nSPS) is 9.89. The van der Waals surface area contributed by atoms with Crippen molar-refractivity contribution in [1.82, 2.24) is 9.97 Å². The zero-order chi connectivity index (χ0) is 12.3. The van der Waals surface area contributed by atoms with Gasteiger partial charge in [0.2, 0.25) is 0 Å². The first-order chi connectivity index (χ1) is 8.19. The highest BCUT2D eigenvalue weighted by atomic mass is 35.5. The van der Waals surface area contributed by atoms with Crippen LogP contribution in [0, 0.1) is 6.92 Å². The first-order valence-corrected chi connectivity index (χ1v) is 6.77. The molecule has 0 saturated heterocycles. The number of hydrogen-bond donors (Lipinski definition) is 2. The van der Waals surface area contributed by atoms with Crippen molar-refractivity contribution in [2.24, 2.45) is 5.73 Å². The van der Waals surface area contributed by atoms with Crippen LogP contribution < -0.4 is 11.1 Å². The number of aromatic nitrogens is 2. The third kappa shape index (κ3) is 3.74. The Morgan fingerprint density at radius 3 is 2.94 bits per heavy atom. The number of halogens is 1. The first kappa shape index (κ1) is 15.0. The van der Waals surface area contributed by atoms with Gasteiger partial charge in [0, 0.05) is 22.9 Å². The summed E-state index contributed by atoms with van der Waals surface area (Å²) < 4.78 is 0. The smallest absolute Gasteiger partial charge is 0.276 e. The van der Waals surface area contributed by atoms with Crippen molar-refractivity contribution in [2.75, 3.05) is 11.9 Å². The lowest BCUT2D eigenvalue weighted by Crippen LogP contribution is -2.12. The molecule has 0 unspecified atom stereocenters. The lowest BCUT2D eigenvalue weighted by molar-refractivity contribution is 0.102. The Bertz CT molecular complexity index is 525. The summed E-state index contributed by atoms with van der Waals surface area (Å²) in [4.78, 5) is 21.1. The molecule has 0 spiro atoms. The van der Waals surface area contributed by atoms with E-state index in [2.05, 4.69) is 15.3 Å². The van der Waals surface area contributed by atoms with E-state index < -0.39 is 0 Å². The van der Waals surface area contributed by atoms with Gasteiger partial charge in [-0.1, -0.05) is 0 Å². The van der Waals surface area contributed by atoms with Crippen LogP contribution >= 0.6 is 35.1 Å². The van der Waals surface area contributed by atoms with E-state index in [9.17, 15) is 4.79 Å². The summed E-state index contributed by atoms with van der Waals surface area (Å²) in [6.45, 7) is 2.48. The maximum absolute atomic E-state index is 11.8. The number of hydrogen-bond acceptors (Lipinski definition) is 6. The van der Waals surface area contributed by atoms with Crippen molar-refractivity contribution < 1.29 is 4.79 Å². The lowest BCUT2D eigenvalue weighted by atomic mass is 10.4. The van der Waals surface area contributed by atoms with Gasteiger partial charge in [-0.25, -0.2) is 9.97 Å². The second kappa shape index (κ2) is 6.79. The third-order valence-corrected chi connectivity index (χ3v) is 3.72. The molecule has 0 radical (unpaired) electrons. The van der Waals surface area contributed by atoms with Gasteiger partial charge in [-0.2, -0.15) is 0 Å². The predicted molar refractivity (Wildman–Crippen MR) is 76.9 cm³/mol. The largest absolute Gasteiger partial charge is 0.330 e. The molecular weight excluding hydrogens is 292 g/mol. The number of thiazole rings is 2. The highest BCUT2D eigenvalue weighted by molar-refractivity contribution is 7.15. The molecule has 5 nitrogen and oxygen atoms in total. The number of nitrogens with one attached hydrogen (secondary N) is 1. The Morgan fingerprint density at radius 1 is 1.56 bits per heavy atom. The summed E-state index contributed by atoms with van der Waals surface area (Å²) in [5.41, 5.74) is 5.85. The molecule has 2 aromatic rings. The molecule has 0 aliphatic rings. The number of nitrogens with zero attached hydrogens (tertiary/aromatic N) is 2. The monoisotopic (exact) mass is 304 g/mol. The number of carbonyl (C=O) groups is 1. The van der Waals surface area contributed by atoms with Crippen molar-refractivity contribution in [1.29, 1.82) is 0 Å². The summed E-state index contributed by atoms with van der Waals surface area (Å²) in [7, 11) is 0. The summed E-state index contributed by atoms with van der Waals surface area (Å²) in [5, 5.41) is 5.93. The van der Waals surface area contributed by atoms with Crippen LogP contribution in [-0.2, 0) is 6.42 Å². The highest BCUT2D eigenvalue weighted by Crippen LogP contribution is 2.18. The maximum Gasteiger partial charge on any atom is 0.276 e.